The van der Waals surface area contributed by atoms with E-state index in [0.717, 1.165) is 17.7 Å². The van der Waals surface area contributed by atoms with Crippen molar-refractivity contribution >= 4 is 11.3 Å². The first-order chi connectivity index (χ1) is 9.20. The predicted molar refractivity (Wildman–Crippen MR) is 72.9 cm³/mol. The number of nitrogens with one attached hydrogen (secondary N) is 1. The third-order valence-electron chi connectivity index (χ3n) is 2.70. The molecule has 0 bridgehead atoms. The van der Waals surface area contributed by atoms with Gasteiger partial charge in [-0.15, -0.1) is 0 Å². The number of hydrogen-bond donors (Lipinski definition) is 1. The standard InChI is InChI=1S/C14H15F2NOS/c1-2-17-13(11-6-7-19-9-11)10-4-3-5-12(8-10)18-14(15)16/h3-9,13-14,17H,2H2,1H3. The molecule has 0 aliphatic carbocycles. The Labute approximate surface area is 115 Å². The Kier molecular flexibility index (Phi) is 4.87. The molecule has 1 atom stereocenters. The fourth-order valence-corrected chi connectivity index (χ4v) is 2.63. The third-order valence-corrected chi connectivity index (χ3v) is 3.40. The second kappa shape index (κ2) is 6.63. The second-order valence-electron chi connectivity index (χ2n) is 4.00. The Bertz CT molecular complexity index is 502. The van der Waals surface area contributed by atoms with Gasteiger partial charge in [-0.1, -0.05) is 19.1 Å². The minimum atomic E-state index is -2.80. The Morgan fingerprint density at radius 1 is 1.26 bits per heavy atom. The molecular formula is C14H15F2NOS. The van der Waals surface area contributed by atoms with Crippen molar-refractivity contribution in [3.8, 4) is 5.75 Å². The maximum absolute atomic E-state index is 12.2. The monoisotopic (exact) mass is 283 g/mol. The molecular weight excluding hydrogens is 268 g/mol. The Balaban J connectivity index is 2.26. The molecule has 0 radical (unpaired) electrons. The van der Waals surface area contributed by atoms with Crippen LogP contribution in [0.1, 0.15) is 24.1 Å². The van der Waals surface area contributed by atoms with Crippen molar-refractivity contribution in [2.75, 3.05) is 6.54 Å². The number of thiophene rings is 1. The van der Waals surface area contributed by atoms with Crippen molar-refractivity contribution in [2.24, 2.45) is 0 Å². The van der Waals surface area contributed by atoms with E-state index in [1.807, 2.05) is 29.8 Å². The number of hydrogen-bond acceptors (Lipinski definition) is 3. The van der Waals surface area contributed by atoms with Crippen molar-refractivity contribution in [2.45, 2.75) is 19.6 Å². The molecule has 1 aromatic heterocycles. The minimum Gasteiger partial charge on any atom is -0.435 e. The number of ether oxygens (including phenoxy) is 1. The molecule has 0 aliphatic rings. The molecule has 0 amide bonds. The number of halogens is 2. The average Bonchev–Trinajstić information content (AvgIpc) is 2.89. The fraction of sp³-hybridized carbons (Fsp3) is 0.286. The molecule has 2 rings (SSSR count). The van der Waals surface area contributed by atoms with E-state index < -0.39 is 6.61 Å². The first-order valence-electron chi connectivity index (χ1n) is 6.01. The molecule has 1 unspecified atom stereocenters. The van der Waals surface area contributed by atoms with Crippen molar-refractivity contribution < 1.29 is 13.5 Å². The molecule has 0 saturated heterocycles. The van der Waals surface area contributed by atoms with Crippen molar-refractivity contribution in [3.05, 3.63) is 52.2 Å². The summed E-state index contributed by atoms with van der Waals surface area (Å²) >= 11 is 1.61. The SMILES string of the molecule is CCNC(c1ccsc1)c1cccc(OC(F)F)c1. The molecule has 1 N–H and O–H groups in total. The van der Waals surface area contributed by atoms with E-state index in [9.17, 15) is 8.78 Å². The molecule has 2 aromatic rings. The summed E-state index contributed by atoms with van der Waals surface area (Å²) in [5.74, 6) is 0.186. The Morgan fingerprint density at radius 3 is 2.74 bits per heavy atom. The smallest absolute Gasteiger partial charge is 0.387 e. The van der Waals surface area contributed by atoms with Gasteiger partial charge in [0.2, 0.25) is 0 Å². The summed E-state index contributed by atoms with van der Waals surface area (Å²) in [7, 11) is 0. The van der Waals surface area contributed by atoms with Gasteiger partial charge in [0.25, 0.3) is 0 Å². The van der Waals surface area contributed by atoms with E-state index in [1.54, 1.807) is 23.5 Å². The Hall–Kier alpha value is -1.46. The van der Waals surface area contributed by atoms with E-state index in [4.69, 9.17) is 0 Å². The zero-order valence-corrected chi connectivity index (χ0v) is 11.3. The summed E-state index contributed by atoms with van der Waals surface area (Å²) in [5, 5.41) is 7.39. The maximum atomic E-state index is 12.2. The Morgan fingerprint density at radius 2 is 2.11 bits per heavy atom. The van der Waals surface area contributed by atoms with Crippen LogP contribution in [0.5, 0.6) is 5.75 Å². The zero-order valence-electron chi connectivity index (χ0n) is 10.5. The van der Waals surface area contributed by atoms with Gasteiger partial charge in [0.05, 0.1) is 6.04 Å². The molecule has 1 aromatic carbocycles. The second-order valence-corrected chi connectivity index (χ2v) is 4.78. The van der Waals surface area contributed by atoms with E-state index in [2.05, 4.69) is 10.1 Å². The molecule has 0 aliphatic heterocycles. The van der Waals surface area contributed by atoms with Crippen LogP contribution in [0.4, 0.5) is 8.78 Å². The lowest BCUT2D eigenvalue weighted by molar-refractivity contribution is -0.0498. The highest BCUT2D eigenvalue weighted by Crippen LogP contribution is 2.27. The van der Waals surface area contributed by atoms with Gasteiger partial charge in [0.1, 0.15) is 5.75 Å². The molecule has 0 fully saturated rings. The lowest BCUT2D eigenvalue weighted by Crippen LogP contribution is -2.21. The summed E-state index contributed by atoms with van der Waals surface area (Å²) < 4.78 is 28.9. The molecule has 5 heteroatoms. The van der Waals surface area contributed by atoms with E-state index in [1.165, 1.54) is 6.07 Å². The van der Waals surface area contributed by atoms with Crippen LogP contribution in [-0.4, -0.2) is 13.2 Å². The lowest BCUT2D eigenvalue weighted by atomic mass is 10.0. The van der Waals surface area contributed by atoms with Crippen molar-refractivity contribution in [1.82, 2.24) is 5.32 Å². The summed E-state index contributed by atoms with van der Waals surface area (Å²) in [4.78, 5) is 0. The van der Waals surface area contributed by atoms with E-state index >= 15 is 0 Å². The molecule has 2 nitrogen and oxygen atoms in total. The quantitative estimate of drug-likeness (QED) is 0.863. The molecule has 0 saturated carbocycles. The zero-order chi connectivity index (χ0) is 13.7. The molecule has 19 heavy (non-hydrogen) atoms. The molecule has 102 valence electrons. The first-order valence-corrected chi connectivity index (χ1v) is 6.95. The number of rotatable bonds is 6. The van der Waals surface area contributed by atoms with Gasteiger partial charge >= 0.3 is 6.61 Å². The van der Waals surface area contributed by atoms with Crippen LogP contribution in [0.15, 0.2) is 41.1 Å². The van der Waals surface area contributed by atoms with Crippen LogP contribution in [0, 0.1) is 0 Å². The van der Waals surface area contributed by atoms with Gasteiger partial charge in [-0.05, 0) is 46.6 Å². The maximum Gasteiger partial charge on any atom is 0.387 e. The fourth-order valence-electron chi connectivity index (χ4n) is 1.94. The van der Waals surface area contributed by atoms with E-state index in [-0.39, 0.29) is 11.8 Å². The summed E-state index contributed by atoms with van der Waals surface area (Å²) in [6.07, 6.45) is 0. The van der Waals surface area contributed by atoms with Crippen LogP contribution >= 0.6 is 11.3 Å². The molecule has 1 heterocycles. The van der Waals surface area contributed by atoms with Crippen LogP contribution in [0.3, 0.4) is 0 Å². The summed E-state index contributed by atoms with van der Waals surface area (Å²) in [5.41, 5.74) is 2.04. The van der Waals surface area contributed by atoms with Gasteiger partial charge in [0.15, 0.2) is 0 Å². The highest BCUT2D eigenvalue weighted by Gasteiger charge is 2.14. The topological polar surface area (TPSA) is 21.3 Å². The van der Waals surface area contributed by atoms with E-state index in [0.29, 0.717) is 0 Å². The van der Waals surface area contributed by atoms with Crippen molar-refractivity contribution in [1.29, 1.82) is 0 Å². The van der Waals surface area contributed by atoms with Crippen LogP contribution in [-0.2, 0) is 0 Å². The van der Waals surface area contributed by atoms with Gasteiger partial charge in [-0.25, -0.2) is 0 Å². The minimum absolute atomic E-state index is 0.00234. The van der Waals surface area contributed by atoms with Gasteiger partial charge < -0.3 is 10.1 Å². The average molecular weight is 283 g/mol. The largest absolute Gasteiger partial charge is 0.435 e. The van der Waals surface area contributed by atoms with Gasteiger partial charge in [-0.3, -0.25) is 0 Å². The van der Waals surface area contributed by atoms with Gasteiger partial charge in [-0.2, -0.15) is 20.1 Å². The number of alkyl halides is 2. The summed E-state index contributed by atoms with van der Waals surface area (Å²) in [6.45, 7) is 0.00764. The van der Waals surface area contributed by atoms with Crippen LogP contribution in [0.25, 0.3) is 0 Å². The van der Waals surface area contributed by atoms with Gasteiger partial charge in [0, 0.05) is 0 Å². The predicted octanol–water partition coefficient (Wildman–Crippen LogP) is 4.05. The van der Waals surface area contributed by atoms with Crippen molar-refractivity contribution in [3.63, 3.8) is 0 Å². The first kappa shape index (κ1) is 14.0. The summed E-state index contributed by atoms with van der Waals surface area (Å²) in [6, 6.07) is 8.84. The third kappa shape index (κ3) is 3.75. The lowest BCUT2D eigenvalue weighted by Gasteiger charge is -2.18. The van der Waals surface area contributed by atoms with Crippen LogP contribution in [0.2, 0.25) is 0 Å². The highest BCUT2D eigenvalue weighted by molar-refractivity contribution is 7.08. The normalized spacial score (nSPS) is 12.6. The number of benzene rings is 1. The van der Waals surface area contributed by atoms with Crippen LogP contribution < -0.4 is 10.1 Å². The molecule has 0 spiro atoms. The highest BCUT2D eigenvalue weighted by atomic mass is 32.1.